The monoisotopic (exact) mass is 266 g/mol. The highest BCUT2D eigenvalue weighted by molar-refractivity contribution is 9.08. The van der Waals surface area contributed by atoms with E-state index in [1.165, 1.54) is 12.1 Å². The number of hydrogen-bond acceptors (Lipinski definition) is 2. The van der Waals surface area contributed by atoms with Crippen molar-refractivity contribution in [2.75, 3.05) is 6.26 Å². The average molecular weight is 267 g/mol. The first-order chi connectivity index (χ1) is 5.95. The van der Waals surface area contributed by atoms with E-state index in [0.29, 0.717) is 10.9 Å². The van der Waals surface area contributed by atoms with Gasteiger partial charge in [0.2, 0.25) is 0 Å². The summed E-state index contributed by atoms with van der Waals surface area (Å²) in [5.41, 5.74) is 0.451. The number of rotatable bonds is 2. The van der Waals surface area contributed by atoms with E-state index in [2.05, 4.69) is 15.9 Å². The number of alkyl halides is 1. The lowest BCUT2D eigenvalue weighted by Gasteiger charge is -2.01. The third-order valence-electron chi connectivity index (χ3n) is 1.60. The highest BCUT2D eigenvalue weighted by Crippen LogP contribution is 2.16. The fourth-order valence-electron chi connectivity index (χ4n) is 0.867. The van der Waals surface area contributed by atoms with Crippen LogP contribution in [0.25, 0.3) is 0 Å². The van der Waals surface area contributed by atoms with Gasteiger partial charge < -0.3 is 0 Å². The Morgan fingerprint density at radius 1 is 1.46 bits per heavy atom. The topological polar surface area (TPSA) is 34.1 Å². The maximum absolute atomic E-state index is 13.1. The van der Waals surface area contributed by atoms with Gasteiger partial charge in [-0.25, -0.2) is 12.8 Å². The Balaban J connectivity index is 3.26. The third kappa shape index (κ3) is 2.51. The SMILES string of the molecule is CS(=O)(=O)c1ccc(CBr)c(F)c1. The van der Waals surface area contributed by atoms with Crippen molar-refractivity contribution in [1.82, 2.24) is 0 Å². The fourth-order valence-corrected chi connectivity index (χ4v) is 1.95. The van der Waals surface area contributed by atoms with Gasteiger partial charge in [0.1, 0.15) is 5.82 Å². The van der Waals surface area contributed by atoms with E-state index in [1.54, 1.807) is 0 Å². The zero-order valence-electron chi connectivity index (χ0n) is 6.92. The van der Waals surface area contributed by atoms with Gasteiger partial charge in [-0.1, -0.05) is 22.0 Å². The second kappa shape index (κ2) is 3.75. The lowest BCUT2D eigenvalue weighted by Crippen LogP contribution is -1.98. The van der Waals surface area contributed by atoms with Gasteiger partial charge in [-0.05, 0) is 17.7 Å². The molecule has 1 aromatic carbocycles. The number of hydrogen-bond donors (Lipinski definition) is 0. The highest BCUT2D eigenvalue weighted by Gasteiger charge is 2.09. The summed E-state index contributed by atoms with van der Waals surface area (Å²) in [6.45, 7) is 0. The molecule has 0 unspecified atom stereocenters. The Labute approximate surface area is 84.8 Å². The quantitative estimate of drug-likeness (QED) is 0.769. The van der Waals surface area contributed by atoms with Crippen LogP contribution in [-0.4, -0.2) is 14.7 Å². The van der Waals surface area contributed by atoms with Crippen LogP contribution < -0.4 is 0 Å². The molecule has 0 atom stereocenters. The van der Waals surface area contributed by atoms with E-state index in [9.17, 15) is 12.8 Å². The molecule has 0 aliphatic rings. The van der Waals surface area contributed by atoms with Crippen LogP contribution in [0.4, 0.5) is 4.39 Å². The molecule has 0 aliphatic heterocycles. The summed E-state index contributed by atoms with van der Waals surface area (Å²) in [6, 6.07) is 3.89. The van der Waals surface area contributed by atoms with Crippen molar-refractivity contribution < 1.29 is 12.8 Å². The van der Waals surface area contributed by atoms with Crippen molar-refractivity contribution in [3.05, 3.63) is 29.6 Å². The van der Waals surface area contributed by atoms with Crippen LogP contribution >= 0.6 is 15.9 Å². The summed E-state index contributed by atoms with van der Waals surface area (Å²) in [5.74, 6) is -0.500. The van der Waals surface area contributed by atoms with Crippen molar-refractivity contribution in [3.8, 4) is 0 Å². The Bertz CT molecular complexity index is 414. The molecule has 0 N–H and O–H groups in total. The average Bonchev–Trinajstić information content (AvgIpc) is 2.02. The first kappa shape index (κ1) is 10.7. The van der Waals surface area contributed by atoms with Gasteiger partial charge in [0.05, 0.1) is 4.90 Å². The van der Waals surface area contributed by atoms with E-state index in [0.717, 1.165) is 12.3 Å². The van der Waals surface area contributed by atoms with Crippen LogP contribution in [0.1, 0.15) is 5.56 Å². The van der Waals surface area contributed by atoms with Crippen LogP contribution in [0.15, 0.2) is 23.1 Å². The normalized spacial score (nSPS) is 11.6. The molecule has 0 saturated carbocycles. The molecule has 0 bridgehead atoms. The Kier molecular flexibility index (Phi) is 3.08. The van der Waals surface area contributed by atoms with E-state index < -0.39 is 15.7 Å². The maximum Gasteiger partial charge on any atom is 0.175 e. The van der Waals surface area contributed by atoms with Crippen molar-refractivity contribution in [2.24, 2.45) is 0 Å². The molecule has 0 fully saturated rings. The van der Waals surface area contributed by atoms with Gasteiger partial charge in [0.25, 0.3) is 0 Å². The van der Waals surface area contributed by atoms with Crippen LogP contribution in [0.3, 0.4) is 0 Å². The highest BCUT2D eigenvalue weighted by atomic mass is 79.9. The van der Waals surface area contributed by atoms with Crippen molar-refractivity contribution in [2.45, 2.75) is 10.2 Å². The molecule has 0 spiro atoms. The first-order valence-electron chi connectivity index (χ1n) is 3.49. The molecule has 0 aliphatic carbocycles. The standard InChI is InChI=1S/C8H8BrFO2S/c1-13(11,12)7-3-2-6(5-9)8(10)4-7/h2-4H,5H2,1H3. The molecule has 1 aromatic rings. The summed E-state index contributed by atoms with van der Waals surface area (Å²) in [7, 11) is -3.31. The van der Waals surface area contributed by atoms with Crippen molar-refractivity contribution >= 4 is 25.8 Å². The van der Waals surface area contributed by atoms with Crippen LogP contribution in [-0.2, 0) is 15.2 Å². The molecule has 0 amide bonds. The molecular formula is C8H8BrFO2S. The summed E-state index contributed by atoms with van der Waals surface area (Å²) in [4.78, 5) is 0.00898. The van der Waals surface area contributed by atoms with E-state index in [4.69, 9.17) is 0 Å². The van der Waals surface area contributed by atoms with Gasteiger partial charge in [-0.2, -0.15) is 0 Å². The van der Waals surface area contributed by atoms with Crippen molar-refractivity contribution in [3.63, 3.8) is 0 Å². The second-order valence-electron chi connectivity index (χ2n) is 2.66. The predicted molar refractivity (Wildman–Crippen MR) is 52.1 cm³/mol. The molecule has 72 valence electrons. The molecule has 5 heteroatoms. The summed E-state index contributed by atoms with van der Waals surface area (Å²) >= 11 is 3.09. The summed E-state index contributed by atoms with van der Waals surface area (Å²) in [6.07, 6.45) is 1.05. The molecule has 0 heterocycles. The van der Waals surface area contributed by atoms with Gasteiger partial charge in [-0.15, -0.1) is 0 Å². The lowest BCUT2D eigenvalue weighted by atomic mass is 10.2. The number of halogens is 2. The Morgan fingerprint density at radius 2 is 2.08 bits per heavy atom. The third-order valence-corrected chi connectivity index (χ3v) is 3.31. The minimum atomic E-state index is -3.31. The Morgan fingerprint density at radius 3 is 2.46 bits per heavy atom. The zero-order valence-corrected chi connectivity index (χ0v) is 9.32. The summed E-state index contributed by atoms with van der Waals surface area (Å²) in [5, 5.41) is 0.378. The van der Waals surface area contributed by atoms with E-state index in [-0.39, 0.29) is 4.90 Å². The molecule has 0 radical (unpaired) electrons. The summed E-state index contributed by atoms with van der Waals surface area (Å²) < 4.78 is 35.1. The molecule has 13 heavy (non-hydrogen) atoms. The minimum absolute atomic E-state index is 0.00898. The molecule has 1 rings (SSSR count). The molecular weight excluding hydrogens is 259 g/mol. The predicted octanol–water partition coefficient (Wildman–Crippen LogP) is 2.12. The molecule has 2 nitrogen and oxygen atoms in total. The first-order valence-corrected chi connectivity index (χ1v) is 6.51. The van der Waals surface area contributed by atoms with E-state index >= 15 is 0 Å². The fraction of sp³-hybridized carbons (Fsp3) is 0.250. The van der Waals surface area contributed by atoms with Crippen LogP contribution in [0.2, 0.25) is 0 Å². The number of benzene rings is 1. The molecule has 0 aromatic heterocycles. The maximum atomic E-state index is 13.1. The number of sulfone groups is 1. The minimum Gasteiger partial charge on any atom is -0.224 e. The smallest absolute Gasteiger partial charge is 0.175 e. The van der Waals surface area contributed by atoms with Gasteiger partial charge in [-0.3, -0.25) is 0 Å². The van der Waals surface area contributed by atoms with Crippen LogP contribution in [0.5, 0.6) is 0 Å². The van der Waals surface area contributed by atoms with Crippen molar-refractivity contribution in [1.29, 1.82) is 0 Å². The van der Waals surface area contributed by atoms with Crippen LogP contribution in [0, 0.1) is 5.82 Å². The molecule has 0 saturated heterocycles. The van der Waals surface area contributed by atoms with Gasteiger partial charge in [0, 0.05) is 11.6 Å². The zero-order chi connectivity index (χ0) is 10.1. The van der Waals surface area contributed by atoms with Gasteiger partial charge >= 0.3 is 0 Å². The largest absolute Gasteiger partial charge is 0.224 e. The second-order valence-corrected chi connectivity index (χ2v) is 5.24. The van der Waals surface area contributed by atoms with E-state index in [1.807, 2.05) is 0 Å². The van der Waals surface area contributed by atoms with Gasteiger partial charge in [0.15, 0.2) is 9.84 Å². The lowest BCUT2D eigenvalue weighted by molar-refractivity contribution is 0.593. The Hall–Kier alpha value is -0.420.